The summed E-state index contributed by atoms with van der Waals surface area (Å²) in [5, 5.41) is 12.9. The molecule has 0 aliphatic rings. The van der Waals surface area contributed by atoms with Gasteiger partial charge in [-0.1, -0.05) is 12.1 Å². The molecule has 1 aromatic rings. The van der Waals surface area contributed by atoms with Gasteiger partial charge >= 0.3 is 12.0 Å². The van der Waals surface area contributed by atoms with Gasteiger partial charge in [0.05, 0.1) is 0 Å². The molecule has 3 N–H and O–H groups in total. The molecule has 0 aliphatic heterocycles. The van der Waals surface area contributed by atoms with Crippen LogP contribution in [0.5, 0.6) is 0 Å². The van der Waals surface area contributed by atoms with Crippen molar-refractivity contribution in [3.05, 3.63) is 35.6 Å². The lowest BCUT2D eigenvalue weighted by Gasteiger charge is -2.06. The van der Waals surface area contributed by atoms with E-state index in [0.717, 1.165) is 0 Å². The number of hydrogen-bond acceptors (Lipinski definition) is 3. The number of carbonyl (C=O) groups is 3. The highest BCUT2D eigenvalue weighted by Gasteiger charge is 2.08. The maximum atomic E-state index is 12.6. The fourth-order valence-electron chi connectivity index (χ4n) is 1.42. The summed E-state index contributed by atoms with van der Waals surface area (Å²) in [6, 6.07) is 4.90. The Morgan fingerprint density at radius 3 is 2.35 bits per heavy atom. The van der Waals surface area contributed by atoms with Crippen LogP contribution in [-0.2, 0) is 16.1 Å². The van der Waals surface area contributed by atoms with Gasteiger partial charge in [-0.15, -0.1) is 0 Å². The van der Waals surface area contributed by atoms with E-state index in [2.05, 4.69) is 10.6 Å². The van der Waals surface area contributed by atoms with Gasteiger partial charge in [-0.05, 0) is 24.1 Å². The summed E-state index contributed by atoms with van der Waals surface area (Å²) in [7, 11) is 0. The molecule has 108 valence electrons. The predicted octanol–water partition coefficient (Wildman–Crippen LogP) is 1.41. The van der Waals surface area contributed by atoms with Crippen molar-refractivity contribution in [2.75, 3.05) is 0 Å². The van der Waals surface area contributed by atoms with Crippen molar-refractivity contribution in [1.29, 1.82) is 0 Å². The van der Waals surface area contributed by atoms with E-state index in [1.165, 1.54) is 24.3 Å². The van der Waals surface area contributed by atoms with Crippen LogP contribution in [0.4, 0.5) is 9.18 Å². The second-order valence-corrected chi connectivity index (χ2v) is 4.10. The summed E-state index contributed by atoms with van der Waals surface area (Å²) in [4.78, 5) is 32.9. The highest BCUT2D eigenvalue weighted by atomic mass is 19.1. The summed E-state index contributed by atoms with van der Waals surface area (Å²) in [5.74, 6) is -1.90. The first-order valence-electron chi connectivity index (χ1n) is 6.01. The maximum Gasteiger partial charge on any atom is 0.321 e. The van der Waals surface area contributed by atoms with E-state index in [0.29, 0.717) is 5.56 Å². The van der Waals surface area contributed by atoms with Gasteiger partial charge < -0.3 is 10.4 Å². The molecule has 0 heterocycles. The van der Waals surface area contributed by atoms with Crippen molar-refractivity contribution in [1.82, 2.24) is 10.6 Å². The molecule has 0 unspecified atom stereocenters. The molecule has 0 radical (unpaired) electrons. The molecule has 6 nitrogen and oxygen atoms in total. The first-order valence-corrected chi connectivity index (χ1v) is 6.01. The number of rotatable bonds is 6. The van der Waals surface area contributed by atoms with Gasteiger partial charge in [-0.25, -0.2) is 9.18 Å². The minimum atomic E-state index is -0.987. The van der Waals surface area contributed by atoms with Gasteiger partial charge in [0.2, 0.25) is 5.91 Å². The lowest BCUT2D eigenvalue weighted by atomic mass is 10.2. The van der Waals surface area contributed by atoms with Crippen LogP contribution in [0.3, 0.4) is 0 Å². The molecule has 0 bridgehead atoms. The Kier molecular flexibility index (Phi) is 6.15. The van der Waals surface area contributed by atoms with Crippen LogP contribution >= 0.6 is 0 Å². The minimum absolute atomic E-state index is 0.0315. The number of carboxylic acids is 1. The summed E-state index contributed by atoms with van der Waals surface area (Å²) in [6.07, 6.45) is 0.0211. The molecule has 0 spiro atoms. The fraction of sp³-hybridized carbons (Fsp3) is 0.308. The van der Waals surface area contributed by atoms with Gasteiger partial charge in [-0.3, -0.25) is 14.9 Å². The van der Waals surface area contributed by atoms with E-state index in [4.69, 9.17) is 5.11 Å². The third kappa shape index (κ3) is 6.48. The van der Waals surface area contributed by atoms with Gasteiger partial charge in [-0.2, -0.15) is 0 Å². The SMILES string of the molecule is O=C(O)CCCC(=O)NC(=O)NCc1ccc(F)cc1. The van der Waals surface area contributed by atoms with Crippen molar-refractivity contribution < 1.29 is 23.9 Å². The molecule has 0 atom stereocenters. The summed E-state index contributed by atoms with van der Waals surface area (Å²) in [5.41, 5.74) is 0.694. The van der Waals surface area contributed by atoms with Crippen molar-refractivity contribution in [2.24, 2.45) is 0 Å². The Hall–Kier alpha value is -2.44. The summed E-state index contributed by atoms with van der Waals surface area (Å²) in [6.45, 7) is 0.161. The monoisotopic (exact) mass is 282 g/mol. The first kappa shape index (κ1) is 15.6. The largest absolute Gasteiger partial charge is 0.481 e. The molecule has 1 aromatic carbocycles. The number of imide groups is 1. The van der Waals surface area contributed by atoms with Gasteiger partial charge in [0.1, 0.15) is 5.82 Å². The average molecular weight is 282 g/mol. The van der Waals surface area contributed by atoms with E-state index in [9.17, 15) is 18.8 Å². The van der Waals surface area contributed by atoms with Crippen LogP contribution in [-0.4, -0.2) is 23.0 Å². The Morgan fingerprint density at radius 2 is 1.75 bits per heavy atom. The maximum absolute atomic E-state index is 12.6. The van der Waals surface area contributed by atoms with Crippen LogP contribution < -0.4 is 10.6 Å². The number of urea groups is 1. The van der Waals surface area contributed by atoms with Crippen LogP contribution in [0.25, 0.3) is 0 Å². The number of benzene rings is 1. The quantitative estimate of drug-likeness (QED) is 0.735. The second kappa shape index (κ2) is 7.88. The molecular formula is C13H15FN2O4. The van der Waals surface area contributed by atoms with Crippen molar-refractivity contribution in [3.63, 3.8) is 0 Å². The number of carbonyl (C=O) groups excluding carboxylic acids is 2. The molecule has 7 heteroatoms. The molecule has 0 saturated heterocycles. The molecule has 0 aromatic heterocycles. The molecule has 3 amide bonds. The lowest BCUT2D eigenvalue weighted by molar-refractivity contribution is -0.137. The Bertz CT molecular complexity index is 488. The Morgan fingerprint density at radius 1 is 1.10 bits per heavy atom. The standard InChI is InChI=1S/C13H15FN2O4/c14-10-6-4-9(5-7-10)8-15-13(20)16-11(17)2-1-3-12(18)19/h4-7H,1-3,8H2,(H,18,19)(H2,15,16,17,20). The predicted molar refractivity (Wildman–Crippen MR) is 68.3 cm³/mol. The topological polar surface area (TPSA) is 95.5 Å². The molecule has 0 aliphatic carbocycles. The summed E-state index contributed by atoms with van der Waals surface area (Å²) < 4.78 is 12.6. The van der Waals surface area contributed by atoms with E-state index in [-0.39, 0.29) is 31.6 Å². The molecule has 0 saturated carbocycles. The van der Waals surface area contributed by atoms with Crippen LogP contribution in [0.15, 0.2) is 24.3 Å². The highest BCUT2D eigenvalue weighted by Crippen LogP contribution is 2.02. The number of carboxylic acid groups (broad SMARTS) is 1. The number of aliphatic carboxylic acids is 1. The van der Waals surface area contributed by atoms with E-state index >= 15 is 0 Å². The van der Waals surface area contributed by atoms with Crippen molar-refractivity contribution >= 4 is 17.9 Å². The highest BCUT2D eigenvalue weighted by molar-refractivity contribution is 5.94. The fourth-order valence-corrected chi connectivity index (χ4v) is 1.42. The van der Waals surface area contributed by atoms with E-state index in [1.54, 1.807) is 0 Å². The second-order valence-electron chi connectivity index (χ2n) is 4.10. The number of nitrogens with one attached hydrogen (secondary N) is 2. The zero-order chi connectivity index (χ0) is 15.0. The van der Waals surface area contributed by atoms with Crippen LogP contribution in [0.1, 0.15) is 24.8 Å². The smallest absolute Gasteiger partial charge is 0.321 e. The average Bonchev–Trinajstić information content (AvgIpc) is 2.37. The molecule has 20 heavy (non-hydrogen) atoms. The lowest BCUT2D eigenvalue weighted by Crippen LogP contribution is -2.39. The molecule has 0 fully saturated rings. The Balaban J connectivity index is 2.24. The van der Waals surface area contributed by atoms with E-state index < -0.39 is 17.9 Å². The number of halogens is 1. The van der Waals surface area contributed by atoms with Crippen LogP contribution in [0, 0.1) is 5.82 Å². The molecular weight excluding hydrogens is 267 g/mol. The van der Waals surface area contributed by atoms with Crippen LogP contribution in [0.2, 0.25) is 0 Å². The van der Waals surface area contributed by atoms with Gasteiger partial charge in [0.15, 0.2) is 0 Å². The van der Waals surface area contributed by atoms with Gasteiger partial charge in [0, 0.05) is 19.4 Å². The zero-order valence-corrected chi connectivity index (χ0v) is 10.7. The first-order chi connectivity index (χ1) is 9.47. The van der Waals surface area contributed by atoms with Crippen molar-refractivity contribution in [2.45, 2.75) is 25.8 Å². The van der Waals surface area contributed by atoms with Crippen molar-refractivity contribution in [3.8, 4) is 0 Å². The number of hydrogen-bond donors (Lipinski definition) is 3. The number of amides is 3. The normalized spacial score (nSPS) is 9.85. The Labute approximate surface area is 115 Å². The molecule has 1 rings (SSSR count). The van der Waals surface area contributed by atoms with Gasteiger partial charge in [0.25, 0.3) is 0 Å². The third-order valence-corrected chi connectivity index (χ3v) is 2.41. The minimum Gasteiger partial charge on any atom is -0.481 e. The van der Waals surface area contributed by atoms with E-state index in [1.807, 2.05) is 0 Å². The summed E-state index contributed by atoms with van der Waals surface area (Å²) >= 11 is 0. The third-order valence-electron chi connectivity index (χ3n) is 2.41. The zero-order valence-electron chi connectivity index (χ0n) is 10.7.